The van der Waals surface area contributed by atoms with Gasteiger partial charge in [-0.3, -0.25) is 0 Å². The Kier molecular flexibility index (Phi) is 6.28. The van der Waals surface area contributed by atoms with Crippen LogP contribution in [-0.4, -0.2) is 50.0 Å². The second kappa shape index (κ2) is 8.95. The number of methoxy groups -OCH3 is 1. The Morgan fingerprint density at radius 2 is 1.94 bits per heavy atom. The van der Waals surface area contributed by atoms with Crippen molar-refractivity contribution >= 4 is 11.5 Å². The van der Waals surface area contributed by atoms with Crippen molar-refractivity contribution in [3.8, 4) is 11.6 Å². The lowest BCUT2D eigenvalue weighted by molar-refractivity contribution is 0.0986. The summed E-state index contributed by atoms with van der Waals surface area (Å²) >= 11 is 0. The summed E-state index contributed by atoms with van der Waals surface area (Å²) in [5, 5.41) is 0. The minimum atomic E-state index is -0.309. The number of rotatable bonds is 5. The number of hydrogen-bond acceptors (Lipinski definition) is 6. The average molecular weight is 426 g/mol. The molecule has 0 aliphatic carbocycles. The van der Waals surface area contributed by atoms with E-state index >= 15 is 0 Å². The minimum Gasteiger partial charge on any atom is -0.497 e. The first-order valence-electron chi connectivity index (χ1n) is 11.3. The fraction of sp³-hybridized carbons (Fsp3) is 0.560. The van der Waals surface area contributed by atoms with Gasteiger partial charge in [0, 0.05) is 37.0 Å². The summed E-state index contributed by atoms with van der Waals surface area (Å²) in [5.41, 5.74) is 2.11. The van der Waals surface area contributed by atoms with Gasteiger partial charge in [-0.1, -0.05) is 12.1 Å². The van der Waals surface area contributed by atoms with E-state index in [-0.39, 0.29) is 11.6 Å². The molecule has 4 rings (SSSR count). The van der Waals surface area contributed by atoms with Gasteiger partial charge in [0.25, 0.3) is 0 Å². The Labute approximate surface area is 186 Å². The maximum atomic E-state index is 6.23. The summed E-state index contributed by atoms with van der Waals surface area (Å²) in [4.78, 5) is 9.77. The zero-order valence-corrected chi connectivity index (χ0v) is 19.4. The Morgan fingerprint density at radius 1 is 1.10 bits per heavy atom. The number of morpholine rings is 1. The highest BCUT2D eigenvalue weighted by atomic mass is 16.5. The van der Waals surface area contributed by atoms with Crippen molar-refractivity contribution < 1.29 is 14.2 Å². The molecule has 2 aromatic rings. The number of benzene rings is 1. The molecule has 0 bridgehead atoms. The molecule has 3 heterocycles. The molecule has 1 aromatic carbocycles. The molecular formula is C25H35N3O3. The molecule has 168 valence electrons. The average Bonchev–Trinajstić information content (AvgIpc) is 3.23. The predicted octanol–water partition coefficient (Wildman–Crippen LogP) is 4.83. The lowest BCUT2D eigenvalue weighted by Crippen LogP contribution is -2.43. The van der Waals surface area contributed by atoms with Gasteiger partial charge in [-0.2, -0.15) is 4.98 Å². The maximum absolute atomic E-state index is 6.23. The maximum Gasteiger partial charge on any atom is 0.217 e. The van der Waals surface area contributed by atoms with Crippen molar-refractivity contribution in [2.24, 2.45) is 0 Å². The first-order valence-corrected chi connectivity index (χ1v) is 11.3. The molecule has 2 aliphatic heterocycles. The standard InChI is InChI=1S/C25H35N3O3/c1-18-17-30-13-12-27(18)20-15-23(26-24(16-20)31-25(2,3)4)28-11-7-10-22(28)19-8-6-9-21(14-19)29-5/h6,8-9,14-16,18,22H,7,10-13,17H2,1-5H3. The van der Waals surface area contributed by atoms with Crippen LogP contribution in [0.4, 0.5) is 11.5 Å². The van der Waals surface area contributed by atoms with E-state index in [1.165, 1.54) is 5.56 Å². The van der Waals surface area contributed by atoms with Gasteiger partial charge in [-0.05, 0) is 58.2 Å². The van der Waals surface area contributed by atoms with E-state index in [0.29, 0.717) is 11.9 Å². The van der Waals surface area contributed by atoms with Crippen molar-refractivity contribution in [1.82, 2.24) is 4.98 Å². The third kappa shape index (κ3) is 5.06. The summed E-state index contributed by atoms with van der Waals surface area (Å²) in [6.45, 7) is 11.7. The van der Waals surface area contributed by atoms with Gasteiger partial charge in [0.2, 0.25) is 5.88 Å². The van der Waals surface area contributed by atoms with Crippen LogP contribution in [0, 0.1) is 0 Å². The fourth-order valence-corrected chi connectivity index (χ4v) is 4.50. The molecule has 6 heteroatoms. The quantitative estimate of drug-likeness (QED) is 0.684. The van der Waals surface area contributed by atoms with Gasteiger partial charge < -0.3 is 24.0 Å². The molecule has 0 radical (unpaired) electrons. The molecule has 0 amide bonds. The van der Waals surface area contributed by atoms with E-state index in [0.717, 1.165) is 56.4 Å². The van der Waals surface area contributed by atoms with Crippen LogP contribution in [0.2, 0.25) is 0 Å². The fourth-order valence-electron chi connectivity index (χ4n) is 4.50. The van der Waals surface area contributed by atoms with E-state index in [1.54, 1.807) is 7.11 Å². The molecule has 2 aliphatic rings. The second-order valence-corrected chi connectivity index (χ2v) is 9.48. The second-order valence-electron chi connectivity index (χ2n) is 9.48. The highest BCUT2D eigenvalue weighted by molar-refractivity contribution is 5.60. The zero-order valence-electron chi connectivity index (χ0n) is 19.4. The van der Waals surface area contributed by atoms with Crippen molar-refractivity contribution in [3.05, 3.63) is 42.0 Å². The van der Waals surface area contributed by atoms with E-state index in [4.69, 9.17) is 19.2 Å². The first-order chi connectivity index (χ1) is 14.8. The predicted molar refractivity (Wildman–Crippen MR) is 125 cm³/mol. The molecule has 6 nitrogen and oxygen atoms in total. The summed E-state index contributed by atoms with van der Waals surface area (Å²) < 4.78 is 17.4. The van der Waals surface area contributed by atoms with Crippen LogP contribution in [0.5, 0.6) is 11.6 Å². The van der Waals surface area contributed by atoms with E-state index in [9.17, 15) is 0 Å². The van der Waals surface area contributed by atoms with Crippen LogP contribution in [0.3, 0.4) is 0 Å². The summed E-state index contributed by atoms with van der Waals surface area (Å²) in [6.07, 6.45) is 2.24. The molecular weight excluding hydrogens is 390 g/mol. The molecule has 2 atom stereocenters. The normalized spacial score (nSPS) is 22.0. The smallest absolute Gasteiger partial charge is 0.217 e. The molecule has 0 N–H and O–H groups in total. The van der Waals surface area contributed by atoms with Crippen molar-refractivity contribution in [2.75, 3.05) is 43.2 Å². The Hall–Kier alpha value is -2.47. The largest absolute Gasteiger partial charge is 0.497 e. The number of aromatic nitrogens is 1. The Bertz CT molecular complexity index is 896. The van der Waals surface area contributed by atoms with Crippen molar-refractivity contribution in [3.63, 3.8) is 0 Å². The molecule has 2 saturated heterocycles. The molecule has 0 spiro atoms. The van der Waals surface area contributed by atoms with Gasteiger partial charge in [0.15, 0.2) is 0 Å². The highest BCUT2D eigenvalue weighted by Crippen LogP contribution is 2.39. The lowest BCUT2D eigenvalue weighted by Gasteiger charge is -2.36. The van der Waals surface area contributed by atoms with Crippen LogP contribution in [0.25, 0.3) is 0 Å². The van der Waals surface area contributed by atoms with Crippen molar-refractivity contribution in [2.45, 2.75) is 58.2 Å². The number of ether oxygens (including phenoxy) is 3. The van der Waals surface area contributed by atoms with Gasteiger partial charge in [-0.25, -0.2) is 0 Å². The number of pyridine rings is 1. The van der Waals surface area contributed by atoms with Gasteiger partial charge in [0.1, 0.15) is 17.2 Å². The van der Waals surface area contributed by atoms with Gasteiger partial charge in [0.05, 0.1) is 26.4 Å². The summed E-state index contributed by atoms with van der Waals surface area (Å²) in [5.74, 6) is 2.54. The third-order valence-corrected chi connectivity index (χ3v) is 5.91. The van der Waals surface area contributed by atoms with E-state index in [2.05, 4.69) is 67.8 Å². The van der Waals surface area contributed by atoms with Crippen LogP contribution in [0.15, 0.2) is 36.4 Å². The van der Waals surface area contributed by atoms with Crippen LogP contribution < -0.4 is 19.3 Å². The molecule has 1 aromatic heterocycles. The monoisotopic (exact) mass is 425 g/mol. The Morgan fingerprint density at radius 3 is 2.68 bits per heavy atom. The van der Waals surface area contributed by atoms with Crippen LogP contribution >= 0.6 is 0 Å². The zero-order chi connectivity index (χ0) is 22.0. The van der Waals surface area contributed by atoms with Crippen LogP contribution in [-0.2, 0) is 4.74 Å². The summed E-state index contributed by atoms with van der Waals surface area (Å²) in [6, 6.07) is 13.3. The minimum absolute atomic E-state index is 0.280. The topological polar surface area (TPSA) is 47.1 Å². The first kappa shape index (κ1) is 21.8. The van der Waals surface area contributed by atoms with E-state index in [1.807, 2.05) is 6.07 Å². The highest BCUT2D eigenvalue weighted by Gasteiger charge is 2.30. The third-order valence-electron chi connectivity index (χ3n) is 5.91. The van der Waals surface area contributed by atoms with E-state index < -0.39 is 0 Å². The summed E-state index contributed by atoms with van der Waals surface area (Å²) in [7, 11) is 1.72. The molecule has 2 unspecified atom stereocenters. The molecule has 0 saturated carbocycles. The number of hydrogen-bond donors (Lipinski definition) is 0. The van der Waals surface area contributed by atoms with Crippen LogP contribution in [0.1, 0.15) is 52.1 Å². The Balaban J connectivity index is 1.71. The lowest BCUT2D eigenvalue weighted by atomic mass is 10.0. The number of nitrogens with zero attached hydrogens (tertiary/aromatic N) is 3. The van der Waals surface area contributed by atoms with Gasteiger partial charge in [-0.15, -0.1) is 0 Å². The molecule has 31 heavy (non-hydrogen) atoms. The van der Waals surface area contributed by atoms with Gasteiger partial charge >= 0.3 is 0 Å². The van der Waals surface area contributed by atoms with Crippen molar-refractivity contribution in [1.29, 1.82) is 0 Å². The molecule has 2 fully saturated rings. The SMILES string of the molecule is COc1cccc(C2CCCN2c2cc(N3CCOCC3C)cc(OC(C)(C)C)n2)c1. The number of anilines is 2.